The predicted octanol–water partition coefficient (Wildman–Crippen LogP) is 0.782. The van der Waals surface area contributed by atoms with Gasteiger partial charge in [-0.1, -0.05) is 0 Å². The molecule has 0 heterocycles. The summed E-state index contributed by atoms with van der Waals surface area (Å²) in [5, 5.41) is 11.8. The molecule has 0 bridgehead atoms. The van der Waals surface area contributed by atoms with Crippen LogP contribution in [-0.4, -0.2) is 56.9 Å². The number of hydrogen-bond acceptors (Lipinski definition) is 7. The first-order chi connectivity index (χ1) is 10.4. The molecule has 0 spiro atoms. The summed E-state index contributed by atoms with van der Waals surface area (Å²) in [7, 11) is 5.06. The molecule has 22 heavy (non-hydrogen) atoms. The number of hydrogen-bond donors (Lipinski definition) is 1. The summed E-state index contributed by atoms with van der Waals surface area (Å²) in [6, 6.07) is 4.85. The zero-order valence-corrected chi connectivity index (χ0v) is 12.7. The molecule has 1 aromatic rings. The molecule has 9 nitrogen and oxygen atoms in total. The van der Waals surface area contributed by atoms with Gasteiger partial charge < -0.3 is 24.5 Å². The monoisotopic (exact) mass is 313 g/mol. The average molecular weight is 313 g/mol. The third kappa shape index (κ3) is 6.27. The molecule has 122 valence electrons. The Labute approximate surface area is 127 Å². The van der Waals surface area contributed by atoms with E-state index in [2.05, 4.69) is 10.2 Å². The van der Waals surface area contributed by atoms with E-state index >= 15 is 0 Å². The van der Waals surface area contributed by atoms with E-state index in [1.165, 1.54) is 7.11 Å². The standard InChI is InChI=1S/C13H19N3O6/c1-15(2)9-13(17)14-11-8-10(4-5-12(11)20-3)21-6-7-22-16(18)19/h4-5,8H,6-7,9H2,1-3H3,(H,14,17). The normalized spacial score (nSPS) is 10.2. The van der Waals surface area contributed by atoms with Crippen LogP contribution in [0, 0.1) is 10.1 Å². The summed E-state index contributed by atoms with van der Waals surface area (Å²) in [6.45, 7) is 0.0602. The fourth-order valence-corrected chi connectivity index (χ4v) is 1.62. The largest absolute Gasteiger partial charge is 0.495 e. The average Bonchev–Trinajstić information content (AvgIpc) is 2.42. The summed E-state index contributed by atoms with van der Waals surface area (Å²) < 4.78 is 10.5. The number of methoxy groups -OCH3 is 1. The predicted molar refractivity (Wildman–Crippen MR) is 78.6 cm³/mol. The highest BCUT2D eigenvalue weighted by molar-refractivity contribution is 5.93. The number of rotatable bonds is 9. The molecule has 0 unspecified atom stereocenters. The molecule has 0 radical (unpaired) electrons. The lowest BCUT2D eigenvalue weighted by atomic mass is 10.2. The fourth-order valence-electron chi connectivity index (χ4n) is 1.62. The number of carbonyl (C=O) groups excluding carboxylic acids is 1. The van der Waals surface area contributed by atoms with Crippen LogP contribution in [0.2, 0.25) is 0 Å². The molecule has 0 saturated carbocycles. The van der Waals surface area contributed by atoms with Gasteiger partial charge in [-0.25, -0.2) is 0 Å². The molecule has 0 fully saturated rings. The fraction of sp³-hybridized carbons (Fsp3) is 0.462. The van der Waals surface area contributed by atoms with Crippen molar-refractivity contribution in [2.45, 2.75) is 0 Å². The summed E-state index contributed by atoms with van der Waals surface area (Å²) in [6.07, 6.45) is 0. The van der Waals surface area contributed by atoms with Crippen LogP contribution < -0.4 is 14.8 Å². The molecule has 0 aliphatic rings. The number of benzene rings is 1. The van der Waals surface area contributed by atoms with Gasteiger partial charge in [0.2, 0.25) is 5.91 Å². The van der Waals surface area contributed by atoms with Gasteiger partial charge in [0.15, 0.2) is 0 Å². The van der Waals surface area contributed by atoms with Crippen LogP contribution in [0.15, 0.2) is 18.2 Å². The molecule has 1 aromatic carbocycles. The van der Waals surface area contributed by atoms with E-state index < -0.39 is 5.09 Å². The lowest BCUT2D eigenvalue weighted by molar-refractivity contribution is -0.757. The van der Waals surface area contributed by atoms with Crippen molar-refractivity contribution < 1.29 is 24.2 Å². The molecule has 1 rings (SSSR count). The smallest absolute Gasteiger partial charge is 0.294 e. The maximum atomic E-state index is 11.8. The van der Waals surface area contributed by atoms with E-state index in [-0.39, 0.29) is 25.7 Å². The lowest BCUT2D eigenvalue weighted by Gasteiger charge is -2.14. The van der Waals surface area contributed by atoms with Crippen LogP contribution in [0.5, 0.6) is 11.5 Å². The van der Waals surface area contributed by atoms with Crippen molar-refractivity contribution in [3.63, 3.8) is 0 Å². The van der Waals surface area contributed by atoms with Crippen LogP contribution in [-0.2, 0) is 9.63 Å². The number of ether oxygens (including phenoxy) is 2. The number of nitrogens with zero attached hydrogens (tertiary/aromatic N) is 2. The third-order valence-corrected chi connectivity index (χ3v) is 2.45. The molecule has 0 saturated heterocycles. The van der Waals surface area contributed by atoms with Gasteiger partial charge in [0, 0.05) is 6.07 Å². The zero-order valence-electron chi connectivity index (χ0n) is 12.7. The van der Waals surface area contributed by atoms with E-state index in [4.69, 9.17) is 9.47 Å². The molecular formula is C13H19N3O6. The highest BCUT2D eigenvalue weighted by Gasteiger charge is 2.10. The van der Waals surface area contributed by atoms with Crippen LogP contribution in [0.3, 0.4) is 0 Å². The van der Waals surface area contributed by atoms with Gasteiger partial charge in [-0.2, -0.15) is 0 Å². The molecule has 0 aliphatic carbocycles. The second-order valence-electron chi connectivity index (χ2n) is 4.55. The Morgan fingerprint density at radius 3 is 2.68 bits per heavy atom. The maximum absolute atomic E-state index is 11.8. The molecular weight excluding hydrogens is 294 g/mol. The summed E-state index contributed by atoms with van der Waals surface area (Å²) >= 11 is 0. The minimum Gasteiger partial charge on any atom is -0.495 e. The Balaban J connectivity index is 2.67. The van der Waals surface area contributed by atoms with E-state index in [1.807, 2.05) is 0 Å². The number of nitrogens with one attached hydrogen (secondary N) is 1. The first kappa shape index (κ1) is 17.5. The first-order valence-electron chi connectivity index (χ1n) is 6.45. The van der Waals surface area contributed by atoms with Gasteiger partial charge in [0.05, 0.1) is 19.3 Å². The van der Waals surface area contributed by atoms with E-state index in [9.17, 15) is 14.9 Å². The second kappa shape index (κ2) is 8.67. The van der Waals surface area contributed by atoms with Gasteiger partial charge >= 0.3 is 0 Å². The first-order valence-corrected chi connectivity index (χ1v) is 6.45. The molecule has 0 aliphatic heterocycles. The van der Waals surface area contributed by atoms with Gasteiger partial charge in [-0.15, -0.1) is 10.1 Å². The van der Waals surface area contributed by atoms with E-state index in [0.717, 1.165) is 0 Å². The molecule has 9 heteroatoms. The van der Waals surface area contributed by atoms with E-state index in [1.54, 1.807) is 37.2 Å². The highest BCUT2D eigenvalue weighted by Crippen LogP contribution is 2.29. The van der Waals surface area contributed by atoms with Gasteiger partial charge in [0.25, 0.3) is 5.09 Å². The SMILES string of the molecule is COc1ccc(OCCO[N+](=O)[O-])cc1NC(=O)CN(C)C. The Hall–Kier alpha value is -2.55. The minimum absolute atomic E-state index is 0.0123. The quantitative estimate of drug-likeness (QED) is 0.408. The highest BCUT2D eigenvalue weighted by atomic mass is 17.0. The Morgan fingerprint density at radius 2 is 2.09 bits per heavy atom. The van der Waals surface area contributed by atoms with Crippen LogP contribution in [0.4, 0.5) is 5.69 Å². The van der Waals surface area contributed by atoms with Gasteiger partial charge in [-0.05, 0) is 26.2 Å². The molecule has 1 N–H and O–H groups in total. The van der Waals surface area contributed by atoms with Gasteiger partial charge in [0.1, 0.15) is 24.7 Å². The van der Waals surface area contributed by atoms with Crippen molar-refractivity contribution in [3.05, 3.63) is 28.3 Å². The molecule has 0 aromatic heterocycles. The number of carbonyl (C=O) groups is 1. The van der Waals surface area contributed by atoms with Crippen molar-refractivity contribution in [1.29, 1.82) is 0 Å². The van der Waals surface area contributed by atoms with Crippen molar-refractivity contribution in [1.82, 2.24) is 4.90 Å². The summed E-state index contributed by atoms with van der Waals surface area (Å²) in [5.41, 5.74) is 0.460. The Bertz CT molecular complexity index is 520. The number of likely N-dealkylation sites (N-methyl/N-ethyl adjacent to an activating group) is 1. The van der Waals surface area contributed by atoms with Crippen LogP contribution >= 0.6 is 0 Å². The van der Waals surface area contributed by atoms with Crippen molar-refractivity contribution in [2.24, 2.45) is 0 Å². The molecule has 0 atom stereocenters. The lowest BCUT2D eigenvalue weighted by Crippen LogP contribution is -2.27. The van der Waals surface area contributed by atoms with Crippen LogP contribution in [0.1, 0.15) is 0 Å². The van der Waals surface area contributed by atoms with Gasteiger partial charge in [-0.3, -0.25) is 4.79 Å². The number of amides is 1. The Kier molecular flexibility index (Phi) is 6.90. The van der Waals surface area contributed by atoms with Crippen molar-refractivity contribution in [3.8, 4) is 11.5 Å². The minimum atomic E-state index is -0.885. The third-order valence-electron chi connectivity index (χ3n) is 2.45. The Morgan fingerprint density at radius 1 is 1.36 bits per heavy atom. The topological polar surface area (TPSA) is 103 Å². The van der Waals surface area contributed by atoms with Crippen molar-refractivity contribution in [2.75, 3.05) is 46.3 Å². The molecule has 1 amide bonds. The van der Waals surface area contributed by atoms with E-state index in [0.29, 0.717) is 17.2 Å². The summed E-state index contributed by atoms with van der Waals surface area (Å²) in [5.74, 6) is 0.728. The zero-order chi connectivity index (χ0) is 16.5. The van der Waals surface area contributed by atoms with Crippen LogP contribution in [0.25, 0.3) is 0 Å². The summed E-state index contributed by atoms with van der Waals surface area (Å²) in [4.78, 5) is 27.7. The van der Waals surface area contributed by atoms with Crippen molar-refractivity contribution >= 4 is 11.6 Å². The maximum Gasteiger partial charge on any atom is 0.294 e. The second-order valence-corrected chi connectivity index (χ2v) is 4.55. The number of anilines is 1.